The predicted molar refractivity (Wildman–Crippen MR) is 112 cm³/mol. The van der Waals surface area contributed by atoms with Crippen molar-refractivity contribution in [2.75, 3.05) is 7.11 Å². The van der Waals surface area contributed by atoms with Gasteiger partial charge in [-0.15, -0.1) is 0 Å². The van der Waals surface area contributed by atoms with Crippen molar-refractivity contribution in [2.24, 2.45) is 5.10 Å². The van der Waals surface area contributed by atoms with Gasteiger partial charge in [0.25, 0.3) is 5.91 Å². The molecule has 0 aliphatic carbocycles. The zero-order chi connectivity index (χ0) is 21.5. The monoisotopic (exact) mass is 428 g/mol. The number of phenols is 1. The molecule has 3 aromatic carbocycles. The molecule has 0 unspecified atom stereocenters. The maximum absolute atomic E-state index is 13.9. The number of hydrogen-bond acceptors (Lipinski definition) is 5. The third-order valence-electron chi connectivity index (χ3n) is 4.13. The van der Waals surface area contributed by atoms with Crippen molar-refractivity contribution in [3.8, 4) is 17.2 Å². The summed E-state index contributed by atoms with van der Waals surface area (Å²) in [7, 11) is 1.48. The molecule has 0 spiro atoms. The van der Waals surface area contributed by atoms with Crippen molar-refractivity contribution in [2.45, 2.75) is 6.61 Å². The van der Waals surface area contributed by atoms with Crippen LogP contribution in [0.4, 0.5) is 4.39 Å². The van der Waals surface area contributed by atoms with Gasteiger partial charge in [-0.05, 0) is 60.2 Å². The molecule has 0 aromatic heterocycles. The molecule has 0 saturated heterocycles. The number of carbonyl (C=O) groups is 1. The van der Waals surface area contributed by atoms with Gasteiger partial charge in [0.05, 0.1) is 18.3 Å². The number of amides is 1. The summed E-state index contributed by atoms with van der Waals surface area (Å²) in [6, 6.07) is 15.2. The fraction of sp³-hybridized carbons (Fsp3) is 0.0909. The Morgan fingerprint density at radius 1 is 1.17 bits per heavy atom. The second-order valence-corrected chi connectivity index (χ2v) is 6.55. The lowest BCUT2D eigenvalue weighted by molar-refractivity contribution is 0.0955. The lowest BCUT2D eigenvalue weighted by Crippen LogP contribution is -2.17. The summed E-state index contributed by atoms with van der Waals surface area (Å²) in [5.74, 6) is 0.0228. The molecule has 8 heteroatoms. The van der Waals surface area contributed by atoms with Crippen LogP contribution in [0.1, 0.15) is 21.5 Å². The van der Waals surface area contributed by atoms with E-state index >= 15 is 0 Å². The highest BCUT2D eigenvalue weighted by Crippen LogP contribution is 2.29. The number of nitrogens with one attached hydrogen (secondary N) is 1. The van der Waals surface area contributed by atoms with E-state index in [1.807, 2.05) is 0 Å². The highest BCUT2D eigenvalue weighted by Gasteiger charge is 2.11. The Balaban J connectivity index is 1.65. The van der Waals surface area contributed by atoms with E-state index < -0.39 is 11.7 Å². The van der Waals surface area contributed by atoms with Gasteiger partial charge < -0.3 is 14.6 Å². The molecule has 0 atom stereocenters. The minimum atomic E-state index is -0.449. The second-order valence-electron chi connectivity index (χ2n) is 6.15. The lowest BCUT2D eigenvalue weighted by atomic mass is 10.2. The van der Waals surface area contributed by atoms with Crippen LogP contribution < -0.4 is 14.9 Å². The van der Waals surface area contributed by atoms with E-state index in [0.717, 1.165) is 0 Å². The number of benzene rings is 3. The number of halogens is 2. The molecule has 30 heavy (non-hydrogen) atoms. The topological polar surface area (TPSA) is 80.2 Å². The van der Waals surface area contributed by atoms with Crippen LogP contribution in [0.15, 0.2) is 65.8 Å². The largest absolute Gasteiger partial charge is 0.508 e. The molecule has 0 radical (unpaired) electrons. The van der Waals surface area contributed by atoms with Crippen molar-refractivity contribution in [1.82, 2.24) is 5.43 Å². The van der Waals surface area contributed by atoms with Gasteiger partial charge in [0.2, 0.25) is 0 Å². The molecule has 154 valence electrons. The summed E-state index contributed by atoms with van der Waals surface area (Å²) >= 11 is 6.01. The van der Waals surface area contributed by atoms with E-state index in [1.54, 1.807) is 24.3 Å². The van der Waals surface area contributed by atoms with Crippen LogP contribution in [-0.2, 0) is 6.61 Å². The van der Waals surface area contributed by atoms with Crippen LogP contribution in [0.3, 0.4) is 0 Å². The van der Waals surface area contributed by atoms with Gasteiger partial charge >= 0.3 is 0 Å². The van der Waals surface area contributed by atoms with Gasteiger partial charge in [0, 0.05) is 11.1 Å². The summed E-state index contributed by atoms with van der Waals surface area (Å²) < 4.78 is 24.9. The summed E-state index contributed by atoms with van der Waals surface area (Å²) in [5, 5.41) is 13.4. The molecule has 0 aliphatic heterocycles. The van der Waals surface area contributed by atoms with E-state index in [2.05, 4.69) is 10.5 Å². The Morgan fingerprint density at radius 2 is 1.93 bits per heavy atom. The van der Waals surface area contributed by atoms with Crippen LogP contribution in [-0.4, -0.2) is 24.3 Å². The van der Waals surface area contributed by atoms with E-state index in [4.69, 9.17) is 21.1 Å². The number of ether oxygens (including phenoxy) is 2. The number of nitrogens with zero attached hydrogens (tertiary/aromatic N) is 1. The van der Waals surface area contributed by atoms with Crippen molar-refractivity contribution in [3.05, 3.63) is 88.2 Å². The maximum Gasteiger partial charge on any atom is 0.271 e. The number of aromatic hydroxyl groups is 1. The molecule has 2 N–H and O–H groups in total. The average molecular weight is 429 g/mol. The molecule has 0 saturated carbocycles. The number of rotatable bonds is 7. The molecule has 1 amide bonds. The number of carbonyl (C=O) groups excluding carboxylic acids is 1. The fourth-order valence-corrected chi connectivity index (χ4v) is 2.76. The number of methoxy groups -OCH3 is 1. The first kappa shape index (κ1) is 21.1. The van der Waals surface area contributed by atoms with E-state index in [-0.39, 0.29) is 22.9 Å². The SMILES string of the molecule is COc1cc(/C=N/NC(=O)c2ccc(O)cc2)ccc1OCc1c(F)cccc1Cl. The zero-order valence-corrected chi connectivity index (χ0v) is 16.7. The van der Waals surface area contributed by atoms with E-state index in [0.29, 0.717) is 22.6 Å². The van der Waals surface area contributed by atoms with E-state index in [1.165, 1.54) is 49.7 Å². The Hall–Kier alpha value is -3.58. The van der Waals surface area contributed by atoms with Crippen molar-refractivity contribution >= 4 is 23.7 Å². The molecule has 6 nitrogen and oxygen atoms in total. The first-order chi connectivity index (χ1) is 14.5. The van der Waals surface area contributed by atoms with Gasteiger partial charge in [-0.2, -0.15) is 5.10 Å². The van der Waals surface area contributed by atoms with Crippen LogP contribution >= 0.6 is 11.6 Å². The standard InChI is InChI=1S/C22H18ClFN2O4/c1-29-21-11-14(12-25-26-22(28)15-6-8-16(27)9-7-15)5-10-20(21)30-13-17-18(23)3-2-4-19(17)24/h2-12,27H,13H2,1H3,(H,26,28)/b25-12+. The molecular weight excluding hydrogens is 411 g/mol. The highest BCUT2D eigenvalue weighted by atomic mass is 35.5. The Bertz CT molecular complexity index is 1050. The fourth-order valence-electron chi connectivity index (χ4n) is 2.55. The second kappa shape index (κ2) is 9.76. The molecule has 3 rings (SSSR count). The summed E-state index contributed by atoms with van der Waals surface area (Å²) in [5.41, 5.74) is 3.66. The quantitative estimate of drug-likeness (QED) is 0.428. The smallest absolute Gasteiger partial charge is 0.271 e. The van der Waals surface area contributed by atoms with Crippen LogP contribution in [0, 0.1) is 5.82 Å². The number of hydrogen-bond donors (Lipinski definition) is 2. The Kier molecular flexibility index (Phi) is 6.87. The molecule has 0 heterocycles. The van der Waals surface area contributed by atoms with Gasteiger partial charge in [0.1, 0.15) is 18.2 Å². The Labute approximate surface area is 177 Å². The number of hydrazone groups is 1. The maximum atomic E-state index is 13.9. The third-order valence-corrected chi connectivity index (χ3v) is 4.48. The highest BCUT2D eigenvalue weighted by molar-refractivity contribution is 6.31. The van der Waals surface area contributed by atoms with Crippen molar-refractivity contribution in [1.29, 1.82) is 0 Å². The third kappa shape index (κ3) is 5.27. The van der Waals surface area contributed by atoms with Gasteiger partial charge in [0.15, 0.2) is 11.5 Å². The summed E-state index contributed by atoms with van der Waals surface area (Å²) in [4.78, 5) is 12.0. The van der Waals surface area contributed by atoms with Crippen LogP contribution in [0.5, 0.6) is 17.2 Å². The predicted octanol–water partition coefficient (Wildman–Crippen LogP) is 4.54. The normalized spacial score (nSPS) is 10.8. The van der Waals surface area contributed by atoms with Crippen LogP contribution in [0.25, 0.3) is 0 Å². The number of phenolic OH excluding ortho intramolecular Hbond substituents is 1. The van der Waals surface area contributed by atoms with Gasteiger partial charge in [-0.1, -0.05) is 17.7 Å². The van der Waals surface area contributed by atoms with Crippen molar-refractivity contribution in [3.63, 3.8) is 0 Å². The lowest BCUT2D eigenvalue weighted by Gasteiger charge is -2.12. The van der Waals surface area contributed by atoms with Gasteiger partial charge in [-0.25, -0.2) is 9.82 Å². The molecule has 0 aliphatic rings. The Morgan fingerprint density at radius 3 is 2.63 bits per heavy atom. The minimum absolute atomic E-state index is 0.0575. The first-order valence-electron chi connectivity index (χ1n) is 8.84. The van der Waals surface area contributed by atoms with Crippen LogP contribution in [0.2, 0.25) is 5.02 Å². The zero-order valence-electron chi connectivity index (χ0n) is 15.9. The minimum Gasteiger partial charge on any atom is -0.508 e. The molecular formula is C22H18ClFN2O4. The average Bonchev–Trinajstić information content (AvgIpc) is 2.74. The van der Waals surface area contributed by atoms with Crippen molar-refractivity contribution < 1.29 is 23.8 Å². The van der Waals surface area contributed by atoms with E-state index in [9.17, 15) is 14.3 Å². The summed E-state index contributed by atoms with van der Waals surface area (Å²) in [6.07, 6.45) is 1.44. The summed E-state index contributed by atoms with van der Waals surface area (Å²) in [6.45, 7) is -0.0575. The van der Waals surface area contributed by atoms with Gasteiger partial charge in [-0.3, -0.25) is 4.79 Å². The molecule has 0 bridgehead atoms. The molecule has 3 aromatic rings. The first-order valence-corrected chi connectivity index (χ1v) is 9.22. The molecule has 0 fully saturated rings.